The number of carboxylic acid groups (broad SMARTS) is 3. The van der Waals surface area contributed by atoms with Gasteiger partial charge in [0.15, 0.2) is 7.37 Å². The Hall–Kier alpha value is -3.45. The molecule has 3 aliphatic heterocycles. The average Bonchev–Trinajstić information content (AvgIpc) is 1.45. The van der Waals surface area contributed by atoms with Crippen molar-refractivity contribution in [2.75, 3.05) is 130 Å². The van der Waals surface area contributed by atoms with E-state index in [1.165, 1.54) is 102 Å². The number of pyridine rings is 1. The Kier molecular flexibility index (Phi) is 47.8. The summed E-state index contributed by atoms with van der Waals surface area (Å²) in [5.74, 6) is -3.26. The summed E-state index contributed by atoms with van der Waals surface area (Å²) in [4.78, 5) is 151. The van der Waals surface area contributed by atoms with Crippen LogP contribution in [0.15, 0.2) is 110 Å². The van der Waals surface area contributed by atoms with Gasteiger partial charge in [-0.3, -0.25) is 74.7 Å². The summed E-state index contributed by atoms with van der Waals surface area (Å²) >= 11 is 22.5. The molecular formula is C66H105Cl4N5O28P10. The number of aromatic carboxylic acids is 1. The number of fused-ring (bicyclic) bond motifs is 1. The predicted molar refractivity (Wildman–Crippen MR) is 451 cm³/mol. The van der Waals surface area contributed by atoms with Gasteiger partial charge in [-0.05, 0) is 104 Å². The number of carbonyl (C=O) groups is 4. The van der Waals surface area contributed by atoms with Gasteiger partial charge in [-0.15, -0.1) is 0 Å². The first-order valence-electron chi connectivity index (χ1n) is 33.8. The maximum Gasteiger partial charge on any atom is 0.339 e. The minimum Gasteiger partial charge on any atom is -0.480 e. The van der Waals surface area contributed by atoms with Crippen LogP contribution in [-0.4, -0.2) is 254 Å². The number of halogens is 4. The topological polar surface area (TPSA) is 548 Å². The third kappa shape index (κ3) is 49.6. The van der Waals surface area contributed by atoms with Crippen LogP contribution in [0.3, 0.4) is 0 Å². The predicted octanol–water partition coefficient (Wildman–Crippen LogP) is 13.6. The maximum atomic E-state index is 11.6. The van der Waals surface area contributed by atoms with E-state index in [0.29, 0.717) is 49.0 Å². The number of likely N-dealkylation sites (tertiary alicyclic amines) is 3. The summed E-state index contributed by atoms with van der Waals surface area (Å²) in [5, 5.41) is 27.9. The highest BCUT2D eigenvalue weighted by Gasteiger charge is 2.34. The Morgan fingerprint density at radius 2 is 0.991 bits per heavy atom. The number of carbonyl (C=O) groups excluding carboxylic acids is 1. The molecular weight excluding hydrogens is 1760 g/mol. The fraction of sp³-hybridized carbons (Fsp3) is 0.470. The maximum absolute atomic E-state index is 11.6. The summed E-state index contributed by atoms with van der Waals surface area (Å²) in [6, 6.07) is 27.2. The van der Waals surface area contributed by atoms with Crippen molar-refractivity contribution in [2.24, 2.45) is 0 Å². The van der Waals surface area contributed by atoms with Crippen LogP contribution in [0.5, 0.6) is 0 Å². The second-order valence-electron chi connectivity index (χ2n) is 27.0. The Bertz CT molecular complexity index is 4430. The van der Waals surface area contributed by atoms with Crippen molar-refractivity contribution in [3.8, 4) is 0 Å². The second-order valence-corrected chi connectivity index (χ2v) is 51.2. The van der Waals surface area contributed by atoms with Crippen LogP contribution in [-0.2, 0) is 60.0 Å². The molecule has 113 heavy (non-hydrogen) atoms. The lowest BCUT2D eigenvalue weighted by Gasteiger charge is -2.21. The smallest absolute Gasteiger partial charge is 0.339 e. The van der Waals surface area contributed by atoms with Gasteiger partial charge in [0, 0.05) is 95.0 Å². The molecule has 0 aliphatic carbocycles. The molecule has 33 nitrogen and oxygen atoms in total. The van der Waals surface area contributed by atoms with Gasteiger partial charge in [0.05, 0.1) is 52.6 Å². The normalized spacial score (nSPS) is 19.0. The van der Waals surface area contributed by atoms with Gasteiger partial charge in [-0.2, -0.15) is 0 Å². The number of hydrogen-bond acceptors (Lipinski definition) is 18. The zero-order chi connectivity index (χ0) is 87.9. The quantitative estimate of drug-likeness (QED) is 0.0226. The Labute approximate surface area is 678 Å². The molecule has 1 amide bonds. The van der Waals surface area contributed by atoms with Crippen molar-refractivity contribution in [2.45, 2.75) is 70.8 Å². The summed E-state index contributed by atoms with van der Waals surface area (Å²) in [7, 11) is -33.0. The number of benzene rings is 4. The Morgan fingerprint density at radius 3 is 1.37 bits per heavy atom. The van der Waals surface area contributed by atoms with Gasteiger partial charge >= 0.3 is 25.5 Å². The molecule has 0 radical (unpaired) electrons. The lowest BCUT2D eigenvalue weighted by Crippen LogP contribution is -2.36. The second kappa shape index (κ2) is 49.3. The van der Waals surface area contributed by atoms with Crippen LogP contribution in [0, 0.1) is 0 Å². The molecule has 3 aliphatic rings. The minimum absolute atomic E-state index is 0.00104. The van der Waals surface area contributed by atoms with Crippen molar-refractivity contribution in [3.63, 3.8) is 0 Å². The Morgan fingerprint density at radius 1 is 0.513 bits per heavy atom. The van der Waals surface area contributed by atoms with Crippen molar-refractivity contribution < 1.29 is 134 Å². The molecule has 14 N–H and O–H groups in total. The highest BCUT2D eigenvalue weighted by Crippen LogP contribution is 2.52. The van der Waals surface area contributed by atoms with E-state index >= 15 is 0 Å². The van der Waals surface area contributed by atoms with E-state index in [2.05, 4.69) is 23.0 Å². The third-order valence-corrected chi connectivity index (χ3v) is 27.3. The van der Waals surface area contributed by atoms with Crippen LogP contribution in [0.1, 0.15) is 86.2 Å². The molecule has 1 aromatic heterocycles. The number of nitrogens with zero attached hydrogens (tertiary/aromatic N) is 5. The summed E-state index contributed by atoms with van der Waals surface area (Å²) in [5.41, 5.74) is 1.59. The number of aromatic nitrogens is 1. The molecule has 4 aromatic carbocycles. The fourth-order valence-corrected chi connectivity index (χ4v) is 20.4. The van der Waals surface area contributed by atoms with E-state index in [4.69, 9.17) is 96.0 Å². The minimum atomic E-state index is -4.43. The number of hydrogen-bond donors (Lipinski definition) is 14. The van der Waals surface area contributed by atoms with E-state index in [-0.39, 0.29) is 55.0 Å². The van der Waals surface area contributed by atoms with E-state index in [9.17, 15) is 84.4 Å². The van der Waals surface area contributed by atoms with E-state index in [1.807, 2.05) is 67.6 Å². The van der Waals surface area contributed by atoms with Gasteiger partial charge in [0.25, 0.3) is 0 Å². The van der Waals surface area contributed by atoms with Crippen molar-refractivity contribution >= 4 is 176 Å². The first-order valence-corrected chi connectivity index (χ1v) is 57.0. The number of aliphatic carboxylic acids is 2. The molecule has 8 rings (SSSR count). The molecule has 47 heteroatoms. The summed E-state index contributed by atoms with van der Waals surface area (Å²) < 4.78 is 110. The van der Waals surface area contributed by atoms with Gasteiger partial charge in [0.1, 0.15) is 22.6 Å². The summed E-state index contributed by atoms with van der Waals surface area (Å²) in [6.07, 6.45) is 7.85. The molecule has 5 aromatic rings. The van der Waals surface area contributed by atoms with Gasteiger partial charge < -0.3 is 74.0 Å². The van der Waals surface area contributed by atoms with Crippen LogP contribution in [0.4, 0.5) is 0 Å². The van der Waals surface area contributed by atoms with E-state index in [0.717, 1.165) is 72.5 Å². The number of carboxylic acids is 3. The molecule has 640 valence electrons. The highest BCUT2D eigenvalue weighted by molar-refractivity contribution is 7.68. The van der Waals surface area contributed by atoms with Gasteiger partial charge in [0.2, 0.25) is 64.9 Å². The molecule has 10 atom stereocenters. The molecule has 10 unspecified atom stereocenters. The molecule has 0 bridgehead atoms. The van der Waals surface area contributed by atoms with E-state index < -0.39 is 117 Å². The lowest BCUT2D eigenvalue weighted by molar-refractivity contribution is -0.142. The average molecular weight is 1870 g/mol. The van der Waals surface area contributed by atoms with Crippen molar-refractivity contribution in [1.82, 2.24) is 24.6 Å². The van der Waals surface area contributed by atoms with E-state index in [1.54, 1.807) is 17.0 Å². The monoisotopic (exact) mass is 1870 g/mol. The lowest BCUT2D eigenvalue weighted by atomic mass is 10.0. The standard InChI is InChI=1S/C13H13O2P.C9H11O2P.C8H18NO2P.C8H9O4P.C7H14NO4P.C6H4Cl4NO2P.C6H12NO3P.C5H13NO7P2.C4H11O2P/c1-10(16(2,14)15)12-9-5-7-11-6-3-4-8-13(11)12;1-8(12(2,10)11)9-6-4-3-5-7-9;1-12(10,11)8-9-6-4-2-3-5-7-9;1-13(11,12)7-4-2-6(3-5-7)8(9)10;1-13(11,12)5-8-4-2-3-6(8)7(9)10;1-14(12,13)4-2(7)5(9)11-6(10)3(4)8;1-11(9,10)5-7-4-2-3-6(7)8;1-14(9,10)3-6(2-5(7)8)4-15(11,12)13;1-3-4-7(2,5)6/h3-9H,1H2,2H3,(H,14,15);3-7H,1H2,2H3,(H,10,11);2-8H2,1H3,(H,10,11);2-5H,1H3,(H,9,10)(H,11,12);6H,2-5H2,1H3,(H,9,10)(H,11,12);1H3,(H,12,13);2-5H2,1H3,(H,9,10);2-4H2,1H3,(H,7,8)(H,9,10)(H2,11,12,13);3-4H2,1-2H3,(H,5,6). The fourth-order valence-electron chi connectivity index (χ4n) is 10.1. The van der Waals surface area contributed by atoms with Crippen molar-refractivity contribution in [3.05, 3.63) is 147 Å². The molecule has 0 saturated carbocycles. The number of amides is 1. The highest BCUT2D eigenvalue weighted by atomic mass is 35.5. The summed E-state index contributed by atoms with van der Waals surface area (Å²) in [6.45, 7) is 23.0. The third-order valence-electron chi connectivity index (χ3n) is 14.9. The SMILES string of the molecule is C=C(c1cccc2ccccc12)P(C)(=O)O.C=C(c1ccccc1)P(C)(=O)O.CCCP(C)(=O)O.CP(=O)(O)CN(CC(=O)O)CP(=O)(O)O.CP(=O)(O)CN1CCCC1=O.CP(=O)(O)CN1CCCC1C(=O)O.CP(=O)(O)CN1CCCCCC1.CP(=O)(O)c1c(Cl)c(Cl)nc(Cl)c1Cl.CP(=O)(O)c1ccc(C(=O)O)cc1. The van der Waals surface area contributed by atoms with Crippen LogP contribution in [0.2, 0.25) is 20.4 Å². The molecule has 4 heterocycles. The van der Waals surface area contributed by atoms with Gasteiger partial charge in [-0.1, -0.05) is 152 Å². The first-order chi connectivity index (χ1) is 51.2. The Balaban J connectivity index is 0.00000126. The van der Waals surface area contributed by atoms with Crippen molar-refractivity contribution in [1.29, 1.82) is 0 Å². The molecule has 3 fully saturated rings. The largest absolute Gasteiger partial charge is 0.480 e. The zero-order valence-electron chi connectivity index (χ0n) is 64.1. The number of rotatable bonds is 22. The van der Waals surface area contributed by atoms with Crippen LogP contribution < -0.4 is 10.6 Å². The van der Waals surface area contributed by atoms with Crippen LogP contribution in [0.25, 0.3) is 21.4 Å². The van der Waals surface area contributed by atoms with Crippen LogP contribution >= 0.6 is 120 Å². The molecule has 3 saturated heterocycles. The molecule has 0 spiro atoms. The first kappa shape index (κ1) is 110. The zero-order valence-corrected chi connectivity index (χ0v) is 76.0. The van der Waals surface area contributed by atoms with Gasteiger partial charge in [-0.25, -0.2) is 9.78 Å².